The molecule has 2 N–H and O–H groups in total. The number of aliphatic hydroxyl groups excluding tert-OH is 1. The number of fused-ring (bicyclic) bond motifs is 1. The predicted molar refractivity (Wildman–Crippen MR) is 131 cm³/mol. The molecule has 5 rings (SSSR count). The Bertz CT molecular complexity index is 1460. The van der Waals surface area contributed by atoms with Crippen LogP contribution in [0.25, 0.3) is 16.8 Å². The number of carbonyl (C=O) groups excluding carboxylic acids is 2. The molecule has 1 fully saturated rings. The summed E-state index contributed by atoms with van der Waals surface area (Å²) in [6.45, 7) is 6.31. The van der Waals surface area contributed by atoms with Crippen LogP contribution >= 0.6 is 0 Å². The number of Topliss-reactive ketones (excluding diaryl/α,β-unsaturated/α-hetero) is 1. The number of amides is 1. The summed E-state index contributed by atoms with van der Waals surface area (Å²) in [5.74, 6) is -0.0903. The van der Waals surface area contributed by atoms with Gasteiger partial charge in [-0.05, 0) is 74.4 Å². The Morgan fingerprint density at radius 3 is 2.57 bits per heavy atom. The number of benzene rings is 2. The van der Waals surface area contributed by atoms with Crippen molar-refractivity contribution in [1.29, 1.82) is 0 Å². The van der Waals surface area contributed by atoms with E-state index in [-0.39, 0.29) is 17.3 Å². The van der Waals surface area contributed by atoms with Gasteiger partial charge in [0.25, 0.3) is 5.78 Å². The van der Waals surface area contributed by atoms with E-state index in [1.54, 1.807) is 43.3 Å². The molecule has 1 atom stereocenters. The van der Waals surface area contributed by atoms with Gasteiger partial charge >= 0.3 is 5.91 Å². The summed E-state index contributed by atoms with van der Waals surface area (Å²) in [6, 6.07) is 14.9. The standard InChI is InChI=1S/C27H25N3O5/c1-4-13-34-18-9-7-17(8-10-18)24(31)22-23(21-12-6-16(3)35-21)30(26(33)25(22)32)27-28-19-11-5-15(2)14-20(19)29-27/h5-12,14,23,31H,4,13H2,1-3H3,(H,28,29)/b24-22+. The van der Waals surface area contributed by atoms with Crippen LogP contribution in [0.15, 0.2) is 64.6 Å². The van der Waals surface area contributed by atoms with Crippen molar-refractivity contribution in [2.24, 2.45) is 0 Å². The van der Waals surface area contributed by atoms with Crippen molar-refractivity contribution in [2.45, 2.75) is 33.2 Å². The Balaban J connectivity index is 1.63. The Labute approximate surface area is 201 Å². The van der Waals surface area contributed by atoms with Crippen LogP contribution in [-0.4, -0.2) is 33.4 Å². The number of carbonyl (C=O) groups is 2. The third kappa shape index (κ3) is 3.97. The van der Waals surface area contributed by atoms with Crippen molar-refractivity contribution in [3.63, 3.8) is 0 Å². The highest BCUT2D eigenvalue weighted by molar-refractivity contribution is 6.51. The molecule has 0 bridgehead atoms. The fourth-order valence-corrected chi connectivity index (χ4v) is 4.23. The van der Waals surface area contributed by atoms with E-state index in [1.165, 1.54) is 4.90 Å². The predicted octanol–water partition coefficient (Wildman–Crippen LogP) is 5.19. The molecule has 8 nitrogen and oxygen atoms in total. The molecule has 8 heteroatoms. The molecule has 0 radical (unpaired) electrons. The van der Waals surface area contributed by atoms with E-state index in [0.29, 0.717) is 35.0 Å². The summed E-state index contributed by atoms with van der Waals surface area (Å²) >= 11 is 0. The summed E-state index contributed by atoms with van der Waals surface area (Å²) in [5, 5.41) is 11.2. The van der Waals surface area contributed by atoms with Crippen LogP contribution < -0.4 is 9.64 Å². The largest absolute Gasteiger partial charge is 0.507 e. The highest BCUT2D eigenvalue weighted by Gasteiger charge is 2.49. The van der Waals surface area contributed by atoms with Gasteiger partial charge in [-0.15, -0.1) is 0 Å². The number of imidazole rings is 1. The average Bonchev–Trinajstić information content (AvgIpc) is 3.53. The van der Waals surface area contributed by atoms with Gasteiger partial charge in [-0.25, -0.2) is 4.98 Å². The molecule has 2 aromatic heterocycles. The van der Waals surface area contributed by atoms with Crippen LogP contribution in [0.2, 0.25) is 0 Å². The first-order valence-electron chi connectivity index (χ1n) is 11.4. The van der Waals surface area contributed by atoms with E-state index in [2.05, 4.69) is 9.97 Å². The molecule has 35 heavy (non-hydrogen) atoms. The minimum Gasteiger partial charge on any atom is -0.507 e. The van der Waals surface area contributed by atoms with Gasteiger partial charge < -0.3 is 19.2 Å². The highest BCUT2D eigenvalue weighted by Crippen LogP contribution is 2.42. The van der Waals surface area contributed by atoms with Crippen molar-refractivity contribution in [2.75, 3.05) is 11.5 Å². The molecule has 4 aromatic rings. The number of hydrogen-bond donors (Lipinski definition) is 2. The van der Waals surface area contributed by atoms with Gasteiger partial charge in [-0.2, -0.15) is 0 Å². The summed E-state index contributed by atoms with van der Waals surface area (Å²) < 4.78 is 11.4. The van der Waals surface area contributed by atoms with E-state index in [4.69, 9.17) is 9.15 Å². The topological polar surface area (TPSA) is 109 Å². The van der Waals surface area contributed by atoms with Gasteiger partial charge in [0.15, 0.2) is 0 Å². The Hall–Kier alpha value is -4.33. The molecule has 1 saturated heterocycles. The molecule has 0 aliphatic carbocycles. The zero-order valence-corrected chi connectivity index (χ0v) is 19.7. The van der Waals surface area contributed by atoms with Gasteiger partial charge in [-0.3, -0.25) is 14.5 Å². The molecule has 178 valence electrons. The van der Waals surface area contributed by atoms with Crippen LogP contribution in [0.5, 0.6) is 5.75 Å². The Morgan fingerprint density at radius 1 is 1.11 bits per heavy atom. The van der Waals surface area contributed by atoms with Crippen molar-refractivity contribution < 1.29 is 23.8 Å². The number of anilines is 1. The third-order valence-corrected chi connectivity index (χ3v) is 5.93. The molecule has 3 heterocycles. The number of nitrogens with one attached hydrogen (secondary N) is 1. The molecule has 1 aliphatic heterocycles. The van der Waals surface area contributed by atoms with Crippen molar-refractivity contribution in [1.82, 2.24) is 9.97 Å². The van der Waals surface area contributed by atoms with Crippen LogP contribution in [0.1, 0.15) is 42.0 Å². The second-order valence-corrected chi connectivity index (χ2v) is 8.57. The first kappa shape index (κ1) is 22.5. The summed E-state index contributed by atoms with van der Waals surface area (Å²) in [7, 11) is 0. The Morgan fingerprint density at radius 2 is 1.89 bits per heavy atom. The lowest BCUT2D eigenvalue weighted by Crippen LogP contribution is -2.30. The highest BCUT2D eigenvalue weighted by atomic mass is 16.5. The SMILES string of the molecule is CCCOc1ccc(/C(O)=C2\C(=O)C(=O)N(c3nc4ccc(C)cc4[nH]3)C2c2ccc(C)o2)cc1. The van der Waals surface area contributed by atoms with Gasteiger partial charge in [0.05, 0.1) is 23.2 Å². The number of H-pyrrole nitrogens is 1. The number of aryl methyl sites for hydroxylation is 2. The lowest BCUT2D eigenvalue weighted by Gasteiger charge is -2.20. The van der Waals surface area contributed by atoms with E-state index in [1.807, 2.05) is 32.0 Å². The number of hydrogen-bond acceptors (Lipinski definition) is 6. The maximum atomic E-state index is 13.3. The van der Waals surface area contributed by atoms with E-state index in [0.717, 1.165) is 17.5 Å². The van der Waals surface area contributed by atoms with Gasteiger partial charge in [0, 0.05) is 5.56 Å². The number of ether oxygens (including phenoxy) is 1. The van der Waals surface area contributed by atoms with Gasteiger partial charge in [0.1, 0.15) is 29.1 Å². The third-order valence-electron chi connectivity index (χ3n) is 5.93. The lowest BCUT2D eigenvalue weighted by molar-refractivity contribution is -0.132. The fraction of sp³-hybridized carbons (Fsp3) is 0.222. The Kier molecular flexibility index (Phi) is 5.64. The summed E-state index contributed by atoms with van der Waals surface area (Å²) in [6.07, 6.45) is 0.870. The van der Waals surface area contributed by atoms with E-state index >= 15 is 0 Å². The van der Waals surface area contributed by atoms with E-state index in [9.17, 15) is 14.7 Å². The lowest BCUT2D eigenvalue weighted by atomic mass is 9.99. The van der Waals surface area contributed by atoms with Gasteiger partial charge in [-0.1, -0.05) is 13.0 Å². The van der Waals surface area contributed by atoms with Crippen molar-refractivity contribution in [3.8, 4) is 5.75 Å². The minimum atomic E-state index is -0.985. The number of aromatic amines is 1. The second kappa shape index (κ2) is 8.79. The fourth-order valence-electron chi connectivity index (χ4n) is 4.23. The molecule has 0 spiro atoms. The molecular formula is C27H25N3O5. The maximum absolute atomic E-state index is 13.3. The first-order valence-corrected chi connectivity index (χ1v) is 11.4. The number of nitrogens with zero attached hydrogens (tertiary/aromatic N) is 2. The maximum Gasteiger partial charge on any atom is 0.302 e. The summed E-state index contributed by atoms with van der Waals surface area (Å²) in [5.41, 5.74) is 2.74. The van der Waals surface area contributed by atoms with E-state index < -0.39 is 17.7 Å². The van der Waals surface area contributed by atoms with Crippen molar-refractivity contribution in [3.05, 3.63) is 82.8 Å². The number of rotatable bonds is 6. The normalized spacial score (nSPS) is 17.5. The molecule has 1 amide bonds. The van der Waals surface area contributed by atoms with Crippen LogP contribution in [0, 0.1) is 13.8 Å². The molecule has 0 saturated carbocycles. The molecule has 2 aromatic carbocycles. The van der Waals surface area contributed by atoms with Crippen LogP contribution in [-0.2, 0) is 9.59 Å². The van der Waals surface area contributed by atoms with Gasteiger partial charge in [0.2, 0.25) is 5.95 Å². The average molecular weight is 472 g/mol. The quantitative estimate of drug-likeness (QED) is 0.228. The number of furan rings is 1. The van der Waals surface area contributed by atoms with Crippen LogP contribution in [0.3, 0.4) is 0 Å². The number of aliphatic hydroxyl groups is 1. The zero-order valence-electron chi connectivity index (χ0n) is 19.7. The molecule has 1 unspecified atom stereocenters. The minimum absolute atomic E-state index is 0.0665. The second-order valence-electron chi connectivity index (χ2n) is 8.57. The smallest absolute Gasteiger partial charge is 0.302 e. The molecular weight excluding hydrogens is 446 g/mol. The molecule has 1 aliphatic rings. The van der Waals surface area contributed by atoms with Crippen LogP contribution in [0.4, 0.5) is 5.95 Å². The number of aromatic nitrogens is 2. The van der Waals surface area contributed by atoms with Crippen molar-refractivity contribution >= 4 is 34.4 Å². The monoisotopic (exact) mass is 471 g/mol. The number of ketones is 1. The zero-order chi connectivity index (χ0) is 24.7. The summed E-state index contributed by atoms with van der Waals surface area (Å²) in [4.78, 5) is 35.5. The first-order chi connectivity index (χ1) is 16.9.